The molecular weight excluding hydrogens is 672 g/mol. The number of benzene rings is 2. The third-order valence-electron chi connectivity index (χ3n) is 10.4. The zero-order valence-corrected chi connectivity index (χ0v) is 29.0. The first kappa shape index (κ1) is 35.7. The van der Waals surface area contributed by atoms with Crippen molar-refractivity contribution in [3.05, 3.63) is 107 Å². The molecule has 3 fully saturated rings. The summed E-state index contributed by atoms with van der Waals surface area (Å²) in [7, 11) is 0. The van der Waals surface area contributed by atoms with Gasteiger partial charge in [0, 0.05) is 48.9 Å². The average molecular weight is 715 g/mol. The number of rotatable bonds is 14. The third-order valence-corrected chi connectivity index (χ3v) is 10.4. The van der Waals surface area contributed by atoms with Gasteiger partial charge in [-0.3, -0.25) is 9.59 Å². The van der Waals surface area contributed by atoms with Crippen molar-refractivity contribution in [3.8, 4) is 0 Å². The number of carbonyl (C=O) groups is 2. The van der Waals surface area contributed by atoms with Crippen LogP contribution in [0.1, 0.15) is 84.3 Å². The number of alkyl halides is 4. The van der Waals surface area contributed by atoms with Gasteiger partial charge in [-0.15, -0.1) is 0 Å². The molecule has 52 heavy (non-hydrogen) atoms. The lowest BCUT2D eigenvalue weighted by Gasteiger charge is -2.40. The van der Waals surface area contributed by atoms with Crippen LogP contribution in [-0.4, -0.2) is 70.0 Å². The van der Waals surface area contributed by atoms with Crippen LogP contribution in [0.5, 0.6) is 0 Å². The van der Waals surface area contributed by atoms with Gasteiger partial charge >= 0.3 is 0 Å². The van der Waals surface area contributed by atoms with Gasteiger partial charge in [0.25, 0.3) is 11.8 Å². The number of hydrogen-bond acceptors (Lipinski definition) is 8. The molecule has 2 aliphatic heterocycles. The first-order valence-corrected chi connectivity index (χ1v) is 18.1. The third kappa shape index (κ3) is 9.00. The summed E-state index contributed by atoms with van der Waals surface area (Å²) in [4.78, 5) is 28.5. The highest BCUT2D eigenvalue weighted by Crippen LogP contribution is 2.40. The van der Waals surface area contributed by atoms with Gasteiger partial charge in [-0.05, 0) is 91.8 Å². The van der Waals surface area contributed by atoms with Gasteiger partial charge in [-0.25, -0.2) is 17.6 Å². The van der Waals surface area contributed by atoms with E-state index in [-0.39, 0.29) is 62.4 Å². The minimum absolute atomic E-state index is 0.0892. The molecule has 4 aromatic rings. The van der Waals surface area contributed by atoms with Gasteiger partial charge in [0.2, 0.25) is 0 Å². The maximum absolute atomic E-state index is 13.2. The van der Waals surface area contributed by atoms with Gasteiger partial charge in [0.15, 0.2) is 0 Å². The monoisotopic (exact) mass is 714 g/mol. The summed E-state index contributed by atoms with van der Waals surface area (Å²) in [5, 5.41) is 17.9. The number of anilines is 2. The van der Waals surface area contributed by atoms with Crippen molar-refractivity contribution in [2.45, 2.75) is 87.9 Å². The molecule has 2 unspecified atom stereocenters. The smallest absolute Gasteiger partial charge is 0.282 e. The number of Topliss-reactive ketones (excluding diaryl/α,β-unsaturated/α-hetero) is 2. The molecule has 3 aliphatic rings. The zero-order chi connectivity index (χ0) is 36.3. The summed E-state index contributed by atoms with van der Waals surface area (Å²) < 4.78 is 52.6. The number of carbonyl (C=O) groups excluding carboxylic acids is 2. The van der Waals surface area contributed by atoms with Crippen LogP contribution in [0.15, 0.2) is 72.8 Å². The normalized spacial score (nSPS) is 20.5. The number of nitrogens with zero attached hydrogens (tertiary/aromatic N) is 6. The summed E-state index contributed by atoms with van der Waals surface area (Å²) in [6, 6.07) is 22.4. The first-order valence-electron chi connectivity index (χ1n) is 18.1. The van der Waals surface area contributed by atoms with E-state index >= 15 is 0 Å². The highest BCUT2D eigenvalue weighted by atomic mass is 19.3. The predicted octanol–water partition coefficient (Wildman–Crippen LogP) is 7.11. The minimum Gasteiger partial charge on any atom is -0.359 e. The number of ketones is 2. The Bertz CT molecular complexity index is 1700. The Morgan fingerprint density at radius 1 is 0.577 bits per heavy atom. The van der Waals surface area contributed by atoms with Gasteiger partial charge in [-0.1, -0.05) is 30.7 Å². The lowest BCUT2D eigenvalue weighted by Crippen LogP contribution is -2.56. The molecule has 0 N–H and O–H groups in total. The molecule has 2 atom stereocenters. The summed E-state index contributed by atoms with van der Waals surface area (Å²) >= 11 is 0. The Hall–Kier alpha value is -4.74. The molecule has 0 amide bonds. The molecule has 1 aliphatic carbocycles. The summed E-state index contributed by atoms with van der Waals surface area (Å²) in [6.07, 6.45) is 6.27. The number of halogens is 4. The number of hydrogen-bond donors (Lipinski definition) is 0. The van der Waals surface area contributed by atoms with E-state index in [1.165, 1.54) is 0 Å². The fourth-order valence-electron chi connectivity index (χ4n) is 7.38. The van der Waals surface area contributed by atoms with Gasteiger partial charge in [-0.2, -0.15) is 20.4 Å². The topological polar surface area (TPSA) is 92.2 Å². The van der Waals surface area contributed by atoms with E-state index in [4.69, 9.17) is 0 Å². The van der Waals surface area contributed by atoms with Crippen LogP contribution in [0.4, 0.5) is 28.9 Å². The van der Waals surface area contributed by atoms with Gasteiger partial charge in [0.05, 0.1) is 49.0 Å². The Labute approximate surface area is 300 Å². The molecule has 8 nitrogen and oxygen atoms in total. The average Bonchev–Trinajstić information content (AvgIpc) is 3.12. The van der Waals surface area contributed by atoms with Crippen molar-refractivity contribution < 1.29 is 27.2 Å². The second-order valence-corrected chi connectivity index (χ2v) is 14.6. The largest absolute Gasteiger partial charge is 0.359 e. The van der Waals surface area contributed by atoms with Crippen LogP contribution in [0.25, 0.3) is 0 Å². The molecule has 2 aromatic carbocycles. The molecule has 2 saturated heterocycles. The number of aromatic nitrogens is 4. The highest BCUT2D eigenvalue weighted by Gasteiger charge is 2.44. The van der Waals surface area contributed by atoms with Crippen molar-refractivity contribution in [3.63, 3.8) is 0 Å². The van der Waals surface area contributed by atoms with Crippen molar-refractivity contribution in [1.82, 2.24) is 20.4 Å². The predicted molar refractivity (Wildman–Crippen MR) is 189 cm³/mol. The molecule has 272 valence electrons. The first-order chi connectivity index (χ1) is 25.0. The van der Waals surface area contributed by atoms with Crippen molar-refractivity contribution >= 4 is 22.9 Å². The van der Waals surface area contributed by atoms with Crippen molar-refractivity contribution in [2.75, 3.05) is 36.0 Å². The molecule has 12 heteroatoms. The Morgan fingerprint density at radius 2 is 0.981 bits per heavy atom. The van der Waals surface area contributed by atoms with E-state index in [2.05, 4.69) is 20.4 Å². The van der Waals surface area contributed by atoms with Crippen LogP contribution in [0.3, 0.4) is 0 Å². The van der Waals surface area contributed by atoms with E-state index in [1.807, 2.05) is 48.5 Å². The van der Waals surface area contributed by atoms with Crippen LogP contribution in [0, 0.1) is 0 Å². The number of aryl methyl sites for hydroxylation is 2. The molecular formula is C40H42F4N6O2. The highest BCUT2D eigenvalue weighted by molar-refractivity contribution is 5.81. The van der Waals surface area contributed by atoms with E-state index in [0.717, 1.165) is 71.0 Å². The SMILES string of the molecule is O=C(CCc1ccc(C2CCCC(c3ccc(CCC(=O)Cc4ccc(N5CC(F)(F)C5)cc4)nn3)C2)nn1)Cc1ccc(N2CC(F)(F)C2)cc1. The Morgan fingerprint density at radius 3 is 1.33 bits per heavy atom. The molecule has 4 heterocycles. The van der Waals surface area contributed by atoms with E-state index in [9.17, 15) is 27.2 Å². The van der Waals surface area contributed by atoms with E-state index in [0.29, 0.717) is 25.7 Å². The lowest BCUT2D eigenvalue weighted by atomic mass is 9.78. The van der Waals surface area contributed by atoms with Crippen LogP contribution in [-0.2, 0) is 35.3 Å². The van der Waals surface area contributed by atoms with E-state index < -0.39 is 11.8 Å². The minimum atomic E-state index is -2.62. The molecule has 2 aromatic heterocycles. The maximum atomic E-state index is 13.2. The van der Waals surface area contributed by atoms with Crippen LogP contribution >= 0.6 is 0 Å². The second kappa shape index (κ2) is 15.1. The molecule has 1 saturated carbocycles. The molecule has 0 radical (unpaired) electrons. The molecule has 7 rings (SSSR count). The zero-order valence-electron chi connectivity index (χ0n) is 29.0. The van der Waals surface area contributed by atoms with Crippen LogP contribution in [0.2, 0.25) is 0 Å². The lowest BCUT2D eigenvalue weighted by molar-refractivity contribution is -0.119. The maximum Gasteiger partial charge on any atom is 0.282 e. The fourth-order valence-corrected chi connectivity index (χ4v) is 7.38. The Balaban J connectivity index is 0.829. The second-order valence-electron chi connectivity index (χ2n) is 14.6. The molecule has 0 spiro atoms. The summed E-state index contributed by atoms with van der Waals surface area (Å²) in [5.41, 5.74) is 6.64. The van der Waals surface area contributed by atoms with Crippen LogP contribution < -0.4 is 9.80 Å². The molecule has 0 bridgehead atoms. The standard InChI is InChI=1S/C40H42F4N6O2/c41-39(42)23-49(24-39)33-12-4-27(5-13-33)20-35(51)16-8-31-10-18-37(47-45-31)29-2-1-3-30(22-29)38-19-11-32(46-48-38)9-17-36(52)21-28-6-14-34(15-7-28)50-25-40(43,44)26-50/h4-7,10-15,18-19,29-30H,1-3,8-9,16-17,20-26H2. The van der Waals surface area contributed by atoms with E-state index in [1.54, 1.807) is 34.1 Å². The Kier molecular flexibility index (Phi) is 10.3. The fraction of sp³-hybridized carbons (Fsp3) is 0.450. The quantitative estimate of drug-likeness (QED) is 0.128. The van der Waals surface area contributed by atoms with Crippen molar-refractivity contribution in [1.29, 1.82) is 0 Å². The van der Waals surface area contributed by atoms with Gasteiger partial charge < -0.3 is 9.80 Å². The van der Waals surface area contributed by atoms with Crippen molar-refractivity contribution in [2.24, 2.45) is 0 Å². The summed E-state index contributed by atoms with van der Waals surface area (Å²) in [6.45, 7) is -1.06. The summed E-state index contributed by atoms with van der Waals surface area (Å²) in [5.74, 6) is -4.55. The van der Waals surface area contributed by atoms with Gasteiger partial charge in [0.1, 0.15) is 11.6 Å².